The minimum atomic E-state index is -1.10. The van der Waals surface area contributed by atoms with Crippen LogP contribution in [0.2, 0.25) is 5.02 Å². The average molecular weight is 562 g/mol. The molecule has 0 spiro atoms. The minimum absolute atomic E-state index is 0.0544. The first kappa shape index (κ1) is 27.6. The number of hydrogen-bond acceptors (Lipinski definition) is 7. The molecule has 10 heteroatoms. The van der Waals surface area contributed by atoms with E-state index in [1.165, 1.54) is 6.07 Å². The van der Waals surface area contributed by atoms with Gasteiger partial charge >= 0.3 is 5.97 Å². The number of aromatic nitrogens is 3. The fourth-order valence-corrected chi connectivity index (χ4v) is 5.22. The van der Waals surface area contributed by atoms with Crippen molar-refractivity contribution in [1.29, 1.82) is 0 Å². The van der Waals surface area contributed by atoms with Gasteiger partial charge in [-0.15, -0.1) is 0 Å². The zero-order valence-corrected chi connectivity index (χ0v) is 24.2. The number of carbonyl (C=O) groups is 2. The highest BCUT2D eigenvalue weighted by Crippen LogP contribution is 2.36. The second-order valence-corrected chi connectivity index (χ2v) is 12.3. The van der Waals surface area contributed by atoms with Crippen LogP contribution < -0.4 is 4.90 Å². The van der Waals surface area contributed by atoms with Crippen molar-refractivity contribution in [2.24, 2.45) is 0 Å². The van der Waals surface area contributed by atoms with Crippen molar-refractivity contribution in [2.75, 3.05) is 24.5 Å². The van der Waals surface area contributed by atoms with Gasteiger partial charge in [0.25, 0.3) is 5.91 Å². The fraction of sp³-hybridized carbons (Fsp3) is 0.367. The normalized spacial score (nSPS) is 15.5. The number of hydrogen-bond donors (Lipinski definition) is 1. The van der Waals surface area contributed by atoms with Gasteiger partial charge in [0.15, 0.2) is 17.0 Å². The number of furan rings is 1. The summed E-state index contributed by atoms with van der Waals surface area (Å²) in [5.74, 6) is -0.767. The van der Waals surface area contributed by atoms with Crippen LogP contribution >= 0.6 is 11.6 Å². The Hall–Kier alpha value is -3.98. The summed E-state index contributed by atoms with van der Waals surface area (Å²) in [6.45, 7) is 13.2. The topological polar surface area (TPSA) is 113 Å². The Kier molecular flexibility index (Phi) is 6.82. The standard InChI is InChI=1S/C30H32ClN5O4/c1-17-13-23(27(38)39)34-28(32-17)35-11-12-36(30(5,6)16-35)26(37)24-15-22-25(40-24)20(29(2,3)4)14-21(33-22)18-7-9-19(31)10-8-18/h7-10,13-15H,11-12,16H2,1-6H3,(H,38,39). The summed E-state index contributed by atoms with van der Waals surface area (Å²) in [7, 11) is 0. The van der Waals surface area contributed by atoms with Crippen molar-refractivity contribution in [3.05, 3.63) is 70.2 Å². The number of aromatic carboxylic acids is 1. The molecule has 1 aliphatic rings. The number of carbonyl (C=O) groups excluding carboxylic acids is 1. The van der Waals surface area contributed by atoms with Crippen molar-refractivity contribution in [1.82, 2.24) is 19.9 Å². The number of nitrogens with zero attached hydrogens (tertiary/aromatic N) is 5. The summed E-state index contributed by atoms with van der Waals surface area (Å²) < 4.78 is 6.23. The third-order valence-electron chi connectivity index (χ3n) is 7.13. The highest BCUT2D eigenvalue weighted by atomic mass is 35.5. The average Bonchev–Trinajstić information content (AvgIpc) is 3.31. The SMILES string of the molecule is Cc1cc(C(=O)O)nc(N2CCN(C(=O)c3cc4nc(-c5ccc(Cl)cc5)cc(C(C)(C)C)c4o3)C(C)(C)C2)n1. The molecule has 0 bridgehead atoms. The van der Waals surface area contributed by atoms with E-state index in [2.05, 4.69) is 30.7 Å². The van der Waals surface area contributed by atoms with Crippen molar-refractivity contribution in [2.45, 2.75) is 52.5 Å². The first-order valence-electron chi connectivity index (χ1n) is 13.1. The number of piperazine rings is 1. The molecule has 0 radical (unpaired) electrons. The van der Waals surface area contributed by atoms with Crippen LogP contribution in [0.15, 0.2) is 46.9 Å². The third kappa shape index (κ3) is 5.25. The lowest BCUT2D eigenvalue weighted by Gasteiger charge is -2.46. The quantitative estimate of drug-likeness (QED) is 0.323. The number of benzene rings is 1. The lowest BCUT2D eigenvalue weighted by atomic mass is 9.86. The molecule has 1 saturated heterocycles. The highest BCUT2D eigenvalue weighted by molar-refractivity contribution is 6.30. The maximum atomic E-state index is 13.8. The molecule has 5 rings (SSSR count). The van der Waals surface area contributed by atoms with Crippen LogP contribution in [0.25, 0.3) is 22.4 Å². The molecule has 1 aliphatic heterocycles. The number of aryl methyl sites for hydroxylation is 1. The molecule has 40 heavy (non-hydrogen) atoms. The van der Waals surface area contributed by atoms with Gasteiger partial charge < -0.3 is 19.3 Å². The molecular weight excluding hydrogens is 530 g/mol. The predicted octanol–water partition coefficient (Wildman–Crippen LogP) is 5.98. The lowest BCUT2D eigenvalue weighted by Crippen LogP contribution is -2.61. The van der Waals surface area contributed by atoms with E-state index in [1.807, 2.05) is 49.1 Å². The van der Waals surface area contributed by atoms with Gasteiger partial charge in [-0.05, 0) is 50.5 Å². The fourth-order valence-electron chi connectivity index (χ4n) is 5.09. The zero-order chi connectivity index (χ0) is 29.0. The van der Waals surface area contributed by atoms with Crippen LogP contribution in [-0.4, -0.2) is 62.0 Å². The molecule has 1 amide bonds. The van der Waals surface area contributed by atoms with Crippen LogP contribution in [-0.2, 0) is 5.41 Å². The number of carboxylic acid groups (broad SMARTS) is 1. The van der Waals surface area contributed by atoms with Gasteiger partial charge in [-0.1, -0.05) is 44.5 Å². The molecule has 1 N–H and O–H groups in total. The first-order valence-corrected chi connectivity index (χ1v) is 13.5. The number of fused-ring (bicyclic) bond motifs is 1. The zero-order valence-electron chi connectivity index (χ0n) is 23.4. The van der Waals surface area contributed by atoms with E-state index in [0.29, 0.717) is 47.4 Å². The number of amides is 1. The van der Waals surface area contributed by atoms with E-state index in [0.717, 1.165) is 16.8 Å². The number of pyridine rings is 1. The highest BCUT2D eigenvalue weighted by Gasteiger charge is 2.39. The Bertz CT molecular complexity index is 1620. The smallest absolute Gasteiger partial charge is 0.354 e. The summed E-state index contributed by atoms with van der Waals surface area (Å²) in [5, 5.41) is 10.1. The van der Waals surface area contributed by atoms with Crippen LogP contribution in [0.5, 0.6) is 0 Å². The van der Waals surface area contributed by atoms with E-state index in [4.69, 9.17) is 21.0 Å². The van der Waals surface area contributed by atoms with Crippen LogP contribution in [0, 0.1) is 6.92 Å². The largest absolute Gasteiger partial charge is 0.477 e. The van der Waals surface area contributed by atoms with Crippen molar-refractivity contribution < 1.29 is 19.1 Å². The summed E-state index contributed by atoms with van der Waals surface area (Å²) in [6.07, 6.45) is 0. The molecule has 4 aromatic rings. The molecule has 4 heterocycles. The molecule has 9 nitrogen and oxygen atoms in total. The summed E-state index contributed by atoms with van der Waals surface area (Å²) in [5.41, 5.74) is 3.52. The molecule has 0 unspecified atom stereocenters. The Morgan fingerprint density at radius 3 is 2.35 bits per heavy atom. The maximum Gasteiger partial charge on any atom is 0.354 e. The molecule has 0 aliphatic carbocycles. The maximum absolute atomic E-state index is 13.8. The van der Waals surface area contributed by atoms with Crippen LogP contribution in [0.3, 0.4) is 0 Å². The molecule has 1 aromatic carbocycles. The van der Waals surface area contributed by atoms with Crippen molar-refractivity contribution >= 4 is 40.5 Å². The Morgan fingerprint density at radius 2 is 1.73 bits per heavy atom. The predicted molar refractivity (Wildman–Crippen MR) is 154 cm³/mol. The number of anilines is 1. The van der Waals surface area contributed by atoms with Gasteiger partial charge in [0.05, 0.1) is 11.2 Å². The molecular formula is C30H32ClN5O4. The van der Waals surface area contributed by atoms with Gasteiger partial charge in [-0.2, -0.15) is 0 Å². The molecule has 0 atom stereocenters. The monoisotopic (exact) mass is 561 g/mol. The summed E-state index contributed by atoms with van der Waals surface area (Å²) in [6, 6.07) is 12.7. The summed E-state index contributed by atoms with van der Waals surface area (Å²) in [4.78, 5) is 42.6. The third-order valence-corrected chi connectivity index (χ3v) is 7.38. The summed E-state index contributed by atoms with van der Waals surface area (Å²) >= 11 is 6.09. The Balaban J connectivity index is 1.47. The first-order chi connectivity index (χ1) is 18.7. The van der Waals surface area contributed by atoms with Crippen molar-refractivity contribution in [3.8, 4) is 11.3 Å². The number of halogens is 1. The molecule has 3 aromatic heterocycles. The van der Waals surface area contributed by atoms with Gasteiger partial charge in [0.1, 0.15) is 5.52 Å². The second kappa shape index (κ2) is 9.89. The molecule has 1 fully saturated rings. The van der Waals surface area contributed by atoms with Crippen LogP contribution in [0.4, 0.5) is 5.95 Å². The Morgan fingerprint density at radius 1 is 1.02 bits per heavy atom. The minimum Gasteiger partial charge on any atom is -0.477 e. The Labute approximate surface area is 237 Å². The van der Waals surface area contributed by atoms with E-state index in [9.17, 15) is 14.7 Å². The van der Waals surface area contributed by atoms with Crippen molar-refractivity contribution in [3.63, 3.8) is 0 Å². The van der Waals surface area contributed by atoms with E-state index >= 15 is 0 Å². The van der Waals surface area contributed by atoms with Gasteiger partial charge in [-0.3, -0.25) is 4.79 Å². The van der Waals surface area contributed by atoms with Gasteiger partial charge in [0, 0.05) is 47.5 Å². The second-order valence-electron chi connectivity index (χ2n) is 11.8. The van der Waals surface area contributed by atoms with E-state index in [-0.39, 0.29) is 22.8 Å². The van der Waals surface area contributed by atoms with Crippen LogP contribution in [0.1, 0.15) is 66.9 Å². The lowest BCUT2D eigenvalue weighted by molar-refractivity contribution is 0.0482. The van der Waals surface area contributed by atoms with E-state index < -0.39 is 11.5 Å². The van der Waals surface area contributed by atoms with Gasteiger partial charge in [0.2, 0.25) is 5.95 Å². The number of carboxylic acids is 1. The number of rotatable bonds is 4. The van der Waals surface area contributed by atoms with Gasteiger partial charge in [-0.25, -0.2) is 19.7 Å². The van der Waals surface area contributed by atoms with E-state index in [1.54, 1.807) is 17.9 Å². The molecule has 0 saturated carbocycles. The molecule has 208 valence electrons.